The maximum atomic E-state index is 13.7. The van der Waals surface area contributed by atoms with Crippen molar-refractivity contribution in [1.82, 2.24) is 29.6 Å². The molecule has 0 aliphatic carbocycles. The summed E-state index contributed by atoms with van der Waals surface area (Å²) in [5.41, 5.74) is 3.72. The third-order valence-electron chi connectivity index (χ3n) is 7.75. The molecule has 248 valence electrons. The molecule has 2 heterocycles. The van der Waals surface area contributed by atoms with Crippen LogP contribution in [0.5, 0.6) is 0 Å². The van der Waals surface area contributed by atoms with Gasteiger partial charge in [-0.2, -0.15) is 4.68 Å². The molecule has 0 unspecified atom stereocenters. The smallest absolute Gasteiger partial charge is 0.437 e. The maximum Gasteiger partial charge on any atom is 0.437 e. The molecule has 4 rings (SSSR count). The van der Waals surface area contributed by atoms with E-state index in [4.69, 9.17) is 9.15 Å². The van der Waals surface area contributed by atoms with Crippen molar-refractivity contribution >= 4 is 23.6 Å². The SMILES string of the molecule is Cc1ccc(-c2nn(C)c(=O)o2)cc1NCC(=O)N(CCN(C(=O)OC(C)(C)C)C(C)C)CC(=O)N(C)N1Cc2ccccc2C1. The number of amides is 3. The van der Waals surface area contributed by atoms with E-state index >= 15 is 0 Å². The zero-order valence-electron chi connectivity index (χ0n) is 28.0. The number of nitrogens with one attached hydrogen (secondary N) is 1. The predicted molar refractivity (Wildman–Crippen MR) is 174 cm³/mol. The van der Waals surface area contributed by atoms with Crippen molar-refractivity contribution in [3.63, 3.8) is 0 Å². The highest BCUT2D eigenvalue weighted by Crippen LogP contribution is 2.25. The molecule has 0 fully saturated rings. The van der Waals surface area contributed by atoms with Gasteiger partial charge in [0.15, 0.2) is 0 Å². The summed E-state index contributed by atoms with van der Waals surface area (Å²) in [6.07, 6.45) is -0.486. The van der Waals surface area contributed by atoms with Gasteiger partial charge >= 0.3 is 11.8 Å². The minimum Gasteiger partial charge on any atom is -0.444 e. The van der Waals surface area contributed by atoms with Crippen molar-refractivity contribution in [2.45, 2.75) is 66.3 Å². The number of aryl methyl sites for hydroxylation is 2. The Morgan fingerprint density at radius 3 is 2.26 bits per heavy atom. The molecule has 0 bridgehead atoms. The molecule has 13 heteroatoms. The first-order valence-electron chi connectivity index (χ1n) is 15.4. The molecule has 0 spiro atoms. The van der Waals surface area contributed by atoms with Crippen LogP contribution < -0.4 is 11.1 Å². The van der Waals surface area contributed by atoms with Crippen molar-refractivity contribution in [3.8, 4) is 11.5 Å². The van der Waals surface area contributed by atoms with Crippen LogP contribution in [-0.2, 0) is 34.5 Å². The fourth-order valence-electron chi connectivity index (χ4n) is 5.04. The van der Waals surface area contributed by atoms with Crippen molar-refractivity contribution in [1.29, 1.82) is 0 Å². The van der Waals surface area contributed by atoms with Gasteiger partial charge in [0.2, 0.25) is 11.8 Å². The van der Waals surface area contributed by atoms with E-state index in [1.54, 1.807) is 49.9 Å². The lowest BCUT2D eigenvalue weighted by molar-refractivity contribution is -0.151. The molecule has 0 radical (unpaired) electrons. The molecule has 3 amide bonds. The Balaban J connectivity index is 1.49. The minimum absolute atomic E-state index is 0.114. The van der Waals surface area contributed by atoms with Crippen LogP contribution in [0.3, 0.4) is 0 Å². The van der Waals surface area contributed by atoms with Crippen LogP contribution in [0.2, 0.25) is 0 Å². The van der Waals surface area contributed by atoms with Crippen LogP contribution in [0.15, 0.2) is 51.7 Å². The zero-order chi connectivity index (χ0) is 33.8. The Morgan fingerprint density at radius 1 is 1.04 bits per heavy atom. The first-order valence-corrected chi connectivity index (χ1v) is 15.4. The number of ether oxygens (including phenoxy) is 1. The molecule has 3 aromatic rings. The second-order valence-electron chi connectivity index (χ2n) is 12.8. The first kappa shape index (κ1) is 34.2. The number of carbonyl (C=O) groups excluding carboxylic acids is 3. The zero-order valence-corrected chi connectivity index (χ0v) is 28.0. The van der Waals surface area contributed by atoms with Crippen LogP contribution in [0.25, 0.3) is 11.5 Å². The van der Waals surface area contributed by atoms with Gasteiger partial charge in [0.1, 0.15) is 12.1 Å². The number of fused-ring (bicyclic) bond motifs is 1. The summed E-state index contributed by atoms with van der Waals surface area (Å²) in [6, 6.07) is 13.2. The van der Waals surface area contributed by atoms with Crippen LogP contribution in [-0.4, -0.2) is 92.4 Å². The number of carbonyl (C=O) groups is 3. The standard InChI is InChI=1S/C33H45N7O6/c1-22(2)40(32(44)46-33(4,5)6)16-15-38(21-29(42)37(8)39-19-25-11-9-10-12-26(25)20-39)28(41)18-34-27-17-24(14-13-23(27)3)30-35-36(7)31(43)45-30/h9-14,17,22,34H,15-16,18-21H2,1-8H3. The Bertz CT molecular complexity index is 1600. The summed E-state index contributed by atoms with van der Waals surface area (Å²) in [6.45, 7) is 12.2. The lowest BCUT2D eigenvalue weighted by Gasteiger charge is -2.33. The highest BCUT2D eigenvalue weighted by Gasteiger charge is 2.29. The molecule has 0 atom stereocenters. The molecule has 2 aromatic carbocycles. The number of rotatable bonds is 11. The number of hydrogen-bond acceptors (Lipinski definition) is 9. The quantitative estimate of drug-likeness (QED) is 0.335. The number of hydrogen-bond donors (Lipinski definition) is 1. The fraction of sp³-hybridized carbons (Fsp3) is 0.485. The van der Waals surface area contributed by atoms with E-state index in [2.05, 4.69) is 10.4 Å². The molecule has 46 heavy (non-hydrogen) atoms. The van der Waals surface area contributed by atoms with E-state index in [9.17, 15) is 19.2 Å². The lowest BCUT2D eigenvalue weighted by Crippen LogP contribution is -2.51. The fourth-order valence-corrected chi connectivity index (χ4v) is 5.04. The van der Waals surface area contributed by atoms with Crippen molar-refractivity contribution < 1.29 is 23.5 Å². The summed E-state index contributed by atoms with van der Waals surface area (Å²) in [4.78, 5) is 55.1. The Kier molecular flexibility index (Phi) is 10.6. The van der Waals surface area contributed by atoms with E-state index in [1.165, 1.54) is 11.9 Å². The third kappa shape index (κ3) is 8.53. The summed E-state index contributed by atoms with van der Waals surface area (Å²) >= 11 is 0. The summed E-state index contributed by atoms with van der Waals surface area (Å²) in [7, 11) is 3.21. The van der Waals surface area contributed by atoms with E-state index in [0.717, 1.165) is 21.4 Å². The number of hydrazine groups is 1. The molecule has 13 nitrogen and oxygen atoms in total. The molecular formula is C33H45N7O6. The predicted octanol–water partition coefficient (Wildman–Crippen LogP) is 3.62. The lowest BCUT2D eigenvalue weighted by atomic mass is 10.1. The van der Waals surface area contributed by atoms with Gasteiger partial charge in [0, 0.05) is 57.6 Å². The summed E-state index contributed by atoms with van der Waals surface area (Å²) < 4.78 is 11.9. The van der Waals surface area contributed by atoms with Crippen molar-refractivity contribution in [3.05, 3.63) is 69.7 Å². The van der Waals surface area contributed by atoms with E-state index in [0.29, 0.717) is 24.3 Å². The van der Waals surface area contributed by atoms with E-state index in [-0.39, 0.29) is 49.9 Å². The summed E-state index contributed by atoms with van der Waals surface area (Å²) in [5, 5.41) is 10.8. The van der Waals surface area contributed by atoms with E-state index in [1.807, 2.05) is 56.1 Å². The molecular weight excluding hydrogens is 590 g/mol. The molecule has 1 aliphatic heterocycles. The van der Waals surface area contributed by atoms with Gasteiger partial charge in [-0.25, -0.2) is 14.6 Å². The van der Waals surface area contributed by atoms with Gasteiger partial charge in [-0.3, -0.25) is 14.6 Å². The molecule has 1 N–H and O–H groups in total. The minimum atomic E-state index is -0.681. The van der Waals surface area contributed by atoms with Gasteiger partial charge in [-0.05, 0) is 70.4 Å². The Morgan fingerprint density at radius 2 is 1.70 bits per heavy atom. The first-order chi connectivity index (χ1) is 21.6. The van der Waals surface area contributed by atoms with E-state index < -0.39 is 17.5 Å². The van der Waals surface area contributed by atoms with Gasteiger partial charge < -0.3 is 24.3 Å². The Labute approximate surface area is 269 Å². The van der Waals surface area contributed by atoms with Gasteiger partial charge in [0.25, 0.3) is 5.91 Å². The average molecular weight is 636 g/mol. The largest absolute Gasteiger partial charge is 0.444 e. The Hall–Kier alpha value is -4.65. The topological polar surface area (TPSA) is 133 Å². The van der Waals surface area contributed by atoms with Gasteiger partial charge in [-0.15, -0.1) is 5.10 Å². The highest BCUT2D eigenvalue weighted by molar-refractivity contribution is 5.87. The third-order valence-corrected chi connectivity index (χ3v) is 7.75. The number of likely N-dealkylation sites (N-methyl/N-ethyl adjacent to an activating group) is 1. The molecule has 1 aromatic heterocycles. The summed E-state index contributed by atoms with van der Waals surface area (Å²) in [5.74, 6) is -0.992. The van der Waals surface area contributed by atoms with Crippen LogP contribution >= 0.6 is 0 Å². The molecule has 1 aliphatic rings. The maximum absolute atomic E-state index is 13.7. The second-order valence-corrected chi connectivity index (χ2v) is 12.8. The van der Waals surface area contributed by atoms with Crippen LogP contribution in [0.4, 0.5) is 10.5 Å². The van der Waals surface area contributed by atoms with Crippen molar-refractivity contribution in [2.75, 3.05) is 38.5 Å². The second kappa shape index (κ2) is 14.2. The number of nitrogens with zero attached hydrogens (tertiary/aromatic N) is 6. The average Bonchev–Trinajstić information content (AvgIpc) is 3.57. The van der Waals surface area contributed by atoms with Gasteiger partial charge in [0.05, 0.1) is 6.54 Å². The monoisotopic (exact) mass is 635 g/mol. The molecule has 0 saturated heterocycles. The van der Waals surface area contributed by atoms with Gasteiger partial charge in [-0.1, -0.05) is 30.3 Å². The molecule has 0 saturated carbocycles. The number of anilines is 1. The van der Waals surface area contributed by atoms with Crippen molar-refractivity contribution in [2.24, 2.45) is 7.05 Å². The van der Waals surface area contributed by atoms with Crippen LogP contribution in [0.1, 0.15) is 51.3 Å². The number of aromatic nitrogens is 2. The normalized spacial score (nSPS) is 13.0. The number of benzene rings is 2. The van der Waals surface area contributed by atoms with Crippen LogP contribution in [0, 0.1) is 6.92 Å². The highest BCUT2D eigenvalue weighted by atomic mass is 16.6.